The number of nitrogens with one attached hydrogen (secondary N) is 1. The maximum Gasteiger partial charge on any atom is 0.211 e. The zero-order valence-electron chi connectivity index (χ0n) is 8.28. The molecule has 0 bridgehead atoms. The van der Waals surface area contributed by atoms with Crippen LogP contribution in [0.15, 0.2) is 5.38 Å². The van der Waals surface area contributed by atoms with E-state index >= 15 is 0 Å². The van der Waals surface area contributed by atoms with Crippen LogP contribution in [0, 0.1) is 6.92 Å². The minimum absolute atomic E-state index is 0.129. The lowest BCUT2D eigenvalue weighted by molar-refractivity contribution is 0.583. The Balaban J connectivity index is 2.36. The van der Waals surface area contributed by atoms with Gasteiger partial charge in [0.05, 0.1) is 10.8 Å². The van der Waals surface area contributed by atoms with Gasteiger partial charge in [-0.15, -0.1) is 11.3 Å². The van der Waals surface area contributed by atoms with Gasteiger partial charge in [0.1, 0.15) is 0 Å². The van der Waals surface area contributed by atoms with Gasteiger partial charge in [0, 0.05) is 24.0 Å². The smallest absolute Gasteiger partial charge is 0.211 e. The molecule has 0 aliphatic rings. The minimum atomic E-state index is -3.06. The van der Waals surface area contributed by atoms with Crippen LogP contribution in [0.4, 0.5) is 0 Å². The topological polar surface area (TPSA) is 59.1 Å². The second-order valence-corrected chi connectivity index (χ2v) is 5.97. The highest BCUT2D eigenvalue weighted by Gasteiger charge is 2.05. The Labute approximate surface area is 88.4 Å². The van der Waals surface area contributed by atoms with Crippen LogP contribution >= 0.6 is 11.3 Å². The van der Waals surface area contributed by atoms with Crippen molar-refractivity contribution in [3.63, 3.8) is 0 Å². The molecule has 1 aromatic rings. The van der Waals surface area contributed by atoms with Crippen LogP contribution < -0.4 is 4.72 Å². The van der Waals surface area contributed by atoms with Crippen molar-refractivity contribution in [3.05, 3.63) is 16.1 Å². The number of sulfonamides is 1. The summed E-state index contributed by atoms with van der Waals surface area (Å²) in [6, 6.07) is 0. The fourth-order valence-electron chi connectivity index (χ4n) is 0.933. The van der Waals surface area contributed by atoms with E-state index in [1.54, 1.807) is 18.3 Å². The lowest BCUT2D eigenvalue weighted by atomic mass is 10.4. The highest BCUT2D eigenvalue weighted by molar-refractivity contribution is 7.89. The Hall–Kier alpha value is -0.460. The van der Waals surface area contributed by atoms with Crippen LogP contribution in [0.25, 0.3) is 0 Å². The third kappa shape index (κ3) is 3.73. The molecule has 0 atom stereocenters. The van der Waals surface area contributed by atoms with E-state index in [4.69, 9.17) is 0 Å². The van der Waals surface area contributed by atoms with Gasteiger partial charge in [0.2, 0.25) is 10.0 Å². The summed E-state index contributed by atoms with van der Waals surface area (Å²) in [4.78, 5) is 4.24. The summed E-state index contributed by atoms with van der Waals surface area (Å²) >= 11 is 1.56. The van der Waals surface area contributed by atoms with E-state index in [0.717, 1.165) is 10.7 Å². The summed E-state index contributed by atoms with van der Waals surface area (Å²) in [7, 11) is -3.06. The summed E-state index contributed by atoms with van der Waals surface area (Å²) in [5.74, 6) is 0.129. The largest absolute Gasteiger partial charge is 0.247 e. The molecule has 0 unspecified atom stereocenters. The highest BCUT2D eigenvalue weighted by Crippen LogP contribution is 2.08. The number of aryl methyl sites for hydroxylation is 1. The minimum Gasteiger partial charge on any atom is -0.247 e. The summed E-state index contributed by atoms with van der Waals surface area (Å²) in [6.07, 6.45) is 0.664. The molecule has 0 radical (unpaired) electrons. The molecule has 1 rings (SSSR count). The second-order valence-electron chi connectivity index (χ2n) is 2.93. The van der Waals surface area contributed by atoms with E-state index in [2.05, 4.69) is 9.71 Å². The van der Waals surface area contributed by atoms with Gasteiger partial charge in [0.15, 0.2) is 0 Å². The molecule has 6 heteroatoms. The Bertz CT molecular complexity index is 384. The average molecular weight is 234 g/mol. The standard InChI is InChI=1S/C8H14N2O2S2/c1-3-14(11,12)9-5-4-8-10-7(2)6-13-8/h6,9H,3-5H2,1-2H3. The molecule has 1 N–H and O–H groups in total. The first kappa shape index (κ1) is 11.6. The zero-order chi connectivity index (χ0) is 10.6. The summed E-state index contributed by atoms with van der Waals surface area (Å²) in [5, 5.41) is 2.94. The molecule has 0 saturated heterocycles. The number of thiazole rings is 1. The second kappa shape index (κ2) is 4.86. The Morgan fingerprint density at radius 2 is 2.29 bits per heavy atom. The van der Waals surface area contributed by atoms with E-state index in [-0.39, 0.29) is 5.75 Å². The molecule has 80 valence electrons. The number of nitrogens with zero attached hydrogens (tertiary/aromatic N) is 1. The van der Waals surface area contributed by atoms with Crippen LogP contribution in [0.1, 0.15) is 17.6 Å². The monoisotopic (exact) mass is 234 g/mol. The van der Waals surface area contributed by atoms with Gasteiger partial charge in [-0.2, -0.15) is 0 Å². The van der Waals surface area contributed by atoms with E-state index in [1.807, 2.05) is 12.3 Å². The quantitative estimate of drug-likeness (QED) is 0.824. The maximum atomic E-state index is 11.1. The number of hydrogen-bond acceptors (Lipinski definition) is 4. The normalized spacial score (nSPS) is 11.9. The molecular weight excluding hydrogens is 220 g/mol. The van der Waals surface area contributed by atoms with Crippen molar-refractivity contribution in [1.82, 2.24) is 9.71 Å². The SMILES string of the molecule is CCS(=O)(=O)NCCc1nc(C)cs1. The van der Waals surface area contributed by atoms with Crippen LogP contribution in [-0.2, 0) is 16.4 Å². The third-order valence-electron chi connectivity index (χ3n) is 1.71. The third-order valence-corrected chi connectivity index (χ3v) is 4.14. The zero-order valence-corrected chi connectivity index (χ0v) is 9.91. The van der Waals surface area contributed by atoms with Crippen molar-refractivity contribution in [3.8, 4) is 0 Å². The molecule has 0 spiro atoms. The molecule has 1 heterocycles. The van der Waals surface area contributed by atoms with Gasteiger partial charge < -0.3 is 0 Å². The van der Waals surface area contributed by atoms with Gasteiger partial charge >= 0.3 is 0 Å². The van der Waals surface area contributed by atoms with E-state index in [1.165, 1.54) is 0 Å². The van der Waals surface area contributed by atoms with Crippen molar-refractivity contribution < 1.29 is 8.42 Å². The Morgan fingerprint density at radius 1 is 1.57 bits per heavy atom. The van der Waals surface area contributed by atoms with Gasteiger partial charge in [-0.05, 0) is 13.8 Å². The molecular formula is C8H14N2O2S2. The van der Waals surface area contributed by atoms with Crippen molar-refractivity contribution in [2.24, 2.45) is 0 Å². The predicted octanol–water partition coefficient (Wildman–Crippen LogP) is 0.933. The van der Waals surface area contributed by atoms with Gasteiger partial charge in [-0.1, -0.05) is 0 Å². The van der Waals surface area contributed by atoms with E-state index in [0.29, 0.717) is 13.0 Å². The van der Waals surface area contributed by atoms with Crippen molar-refractivity contribution in [2.75, 3.05) is 12.3 Å². The first-order valence-corrected chi connectivity index (χ1v) is 6.95. The Kier molecular flexibility index (Phi) is 4.03. The molecule has 0 aliphatic carbocycles. The predicted molar refractivity (Wildman–Crippen MR) is 58.0 cm³/mol. The average Bonchev–Trinajstić information content (AvgIpc) is 2.51. The van der Waals surface area contributed by atoms with Crippen LogP contribution in [0.2, 0.25) is 0 Å². The number of rotatable bonds is 5. The lowest BCUT2D eigenvalue weighted by Gasteiger charge is -2.01. The highest BCUT2D eigenvalue weighted by atomic mass is 32.2. The van der Waals surface area contributed by atoms with Gasteiger partial charge in [-0.25, -0.2) is 18.1 Å². The van der Waals surface area contributed by atoms with Crippen LogP contribution in [0.3, 0.4) is 0 Å². The molecule has 0 aliphatic heterocycles. The molecule has 14 heavy (non-hydrogen) atoms. The van der Waals surface area contributed by atoms with Crippen molar-refractivity contribution in [1.29, 1.82) is 0 Å². The molecule has 1 aromatic heterocycles. The lowest BCUT2D eigenvalue weighted by Crippen LogP contribution is -2.27. The van der Waals surface area contributed by atoms with E-state index < -0.39 is 10.0 Å². The van der Waals surface area contributed by atoms with Gasteiger partial charge in [-0.3, -0.25) is 0 Å². The number of aromatic nitrogens is 1. The summed E-state index contributed by atoms with van der Waals surface area (Å²) in [6.45, 7) is 3.98. The van der Waals surface area contributed by atoms with Crippen molar-refractivity contribution in [2.45, 2.75) is 20.3 Å². The number of hydrogen-bond donors (Lipinski definition) is 1. The Morgan fingerprint density at radius 3 is 2.79 bits per heavy atom. The van der Waals surface area contributed by atoms with Crippen LogP contribution in [-0.4, -0.2) is 25.7 Å². The summed E-state index contributed by atoms with van der Waals surface area (Å²) < 4.78 is 24.6. The molecule has 4 nitrogen and oxygen atoms in total. The van der Waals surface area contributed by atoms with Crippen molar-refractivity contribution >= 4 is 21.4 Å². The maximum absolute atomic E-state index is 11.1. The van der Waals surface area contributed by atoms with E-state index in [9.17, 15) is 8.42 Å². The van der Waals surface area contributed by atoms with Gasteiger partial charge in [0.25, 0.3) is 0 Å². The molecule has 0 aromatic carbocycles. The molecule has 0 saturated carbocycles. The first-order valence-electron chi connectivity index (χ1n) is 4.42. The first-order chi connectivity index (χ1) is 6.53. The summed E-state index contributed by atoms with van der Waals surface area (Å²) in [5.41, 5.74) is 0.989. The molecule has 0 amide bonds. The van der Waals surface area contributed by atoms with Crippen LogP contribution in [0.5, 0.6) is 0 Å². The molecule has 0 fully saturated rings. The fourth-order valence-corrected chi connectivity index (χ4v) is 2.33. The fraction of sp³-hybridized carbons (Fsp3) is 0.625.